The Hall–Kier alpha value is -3.48. The molecule has 2 heterocycles. The summed E-state index contributed by atoms with van der Waals surface area (Å²) in [5.41, 5.74) is 2.90. The highest BCUT2D eigenvalue weighted by Crippen LogP contribution is 2.33. The summed E-state index contributed by atoms with van der Waals surface area (Å²) >= 11 is 0. The molecule has 0 fully saturated rings. The van der Waals surface area contributed by atoms with Crippen molar-refractivity contribution in [1.82, 2.24) is 14.7 Å². The number of hydrogen-bond donors (Lipinski definition) is 1. The molecule has 3 aromatic rings. The largest absolute Gasteiger partial charge is 0.504 e. The standard InChI is InChI=1S/C22H23N3O4/c1-14(2)16-5-7-17(8-6-16)25-12-18(26)21(23-25)22(27)24(3)11-15-4-9-19-20(10-15)29-13-28-19/h4-10,12,14,26H,11,13H2,1-3H3. The lowest BCUT2D eigenvalue weighted by molar-refractivity contribution is 0.0775. The molecule has 7 nitrogen and oxygen atoms in total. The summed E-state index contributed by atoms with van der Waals surface area (Å²) in [6.45, 7) is 4.81. The van der Waals surface area contributed by atoms with E-state index in [1.165, 1.54) is 21.3 Å². The van der Waals surface area contributed by atoms with Crippen molar-refractivity contribution >= 4 is 5.91 Å². The van der Waals surface area contributed by atoms with E-state index in [1.54, 1.807) is 7.05 Å². The van der Waals surface area contributed by atoms with Crippen LogP contribution in [0, 0.1) is 0 Å². The molecule has 1 aromatic heterocycles. The summed E-state index contributed by atoms with van der Waals surface area (Å²) in [5, 5.41) is 14.6. The van der Waals surface area contributed by atoms with Crippen LogP contribution < -0.4 is 9.47 Å². The number of nitrogens with zero attached hydrogens (tertiary/aromatic N) is 3. The Morgan fingerprint density at radius 3 is 2.62 bits per heavy atom. The molecular formula is C22H23N3O4. The highest BCUT2D eigenvalue weighted by molar-refractivity contribution is 5.94. The van der Waals surface area contributed by atoms with Crippen LogP contribution in [-0.2, 0) is 6.54 Å². The van der Waals surface area contributed by atoms with Gasteiger partial charge < -0.3 is 19.5 Å². The molecule has 1 aliphatic rings. The van der Waals surface area contributed by atoms with Crippen molar-refractivity contribution < 1.29 is 19.4 Å². The van der Waals surface area contributed by atoms with Gasteiger partial charge in [-0.3, -0.25) is 4.79 Å². The third-order valence-corrected chi connectivity index (χ3v) is 4.93. The molecule has 7 heteroatoms. The topological polar surface area (TPSA) is 76.8 Å². The fourth-order valence-corrected chi connectivity index (χ4v) is 3.23. The molecule has 4 rings (SSSR count). The first-order valence-corrected chi connectivity index (χ1v) is 9.45. The van der Waals surface area contributed by atoms with E-state index in [0.717, 1.165) is 11.3 Å². The average Bonchev–Trinajstić information content (AvgIpc) is 3.33. The second-order valence-electron chi connectivity index (χ2n) is 7.40. The number of aromatic hydroxyl groups is 1. The predicted octanol–water partition coefficient (Wildman–Crippen LogP) is 3.70. The minimum Gasteiger partial charge on any atom is -0.504 e. The SMILES string of the molecule is CC(C)c1ccc(-n2cc(O)c(C(=O)N(C)Cc3ccc4c(c3)OCO4)n2)cc1. The van der Waals surface area contributed by atoms with E-state index in [9.17, 15) is 9.90 Å². The second-order valence-corrected chi connectivity index (χ2v) is 7.40. The zero-order valence-corrected chi connectivity index (χ0v) is 16.6. The molecule has 1 N–H and O–H groups in total. The van der Waals surface area contributed by atoms with Crippen LogP contribution in [0.4, 0.5) is 0 Å². The number of carbonyl (C=O) groups is 1. The van der Waals surface area contributed by atoms with Crippen LogP contribution >= 0.6 is 0 Å². The molecule has 0 bridgehead atoms. The van der Waals surface area contributed by atoms with Gasteiger partial charge in [-0.1, -0.05) is 32.0 Å². The van der Waals surface area contributed by atoms with Gasteiger partial charge in [0.2, 0.25) is 6.79 Å². The normalized spacial score (nSPS) is 12.4. The molecule has 2 aromatic carbocycles. The molecule has 1 aliphatic heterocycles. The molecule has 0 saturated carbocycles. The van der Waals surface area contributed by atoms with Crippen LogP contribution in [-0.4, -0.2) is 39.5 Å². The summed E-state index contributed by atoms with van der Waals surface area (Å²) in [7, 11) is 1.67. The number of carbonyl (C=O) groups excluding carboxylic acids is 1. The lowest BCUT2D eigenvalue weighted by atomic mass is 10.0. The summed E-state index contributed by atoms with van der Waals surface area (Å²) in [4.78, 5) is 14.3. The van der Waals surface area contributed by atoms with Crippen molar-refractivity contribution in [2.24, 2.45) is 0 Å². The molecule has 0 radical (unpaired) electrons. The summed E-state index contributed by atoms with van der Waals surface area (Å²) < 4.78 is 12.2. The Morgan fingerprint density at radius 2 is 1.90 bits per heavy atom. The number of ether oxygens (including phenoxy) is 2. The zero-order chi connectivity index (χ0) is 20.5. The number of rotatable bonds is 5. The number of fused-ring (bicyclic) bond motifs is 1. The number of aromatic nitrogens is 2. The molecule has 150 valence electrons. The Labute approximate surface area is 169 Å². The fraction of sp³-hybridized carbons (Fsp3) is 0.273. The Balaban J connectivity index is 1.51. The van der Waals surface area contributed by atoms with Crippen molar-refractivity contribution in [2.45, 2.75) is 26.3 Å². The first kappa shape index (κ1) is 18.9. The lowest BCUT2D eigenvalue weighted by Gasteiger charge is -2.16. The van der Waals surface area contributed by atoms with E-state index in [2.05, 4.69) is 18.9 Å². The maximum atomic E-state index is 12.8. The van der Waals surface area contributed by atoms with Gasteiger partial charge in [-0.25, -0.2) is 4.68 Å². The molecule has 0 aliphatic carbocycles. The Bertz CT molecular complexity index is 1040. The summed E-state index contributed by atoms with van der Waals surface area (Å²) in [5.74, 6) is 1.28. The maximum absolute atomic E-state index is 12.8. The third-order valence-electron chi connectivity index (χ3n) is 4.93. The molecule has 1 amide bonds. The van der Waals surface area contributed by atoms with Crippen molar-refractivity contribution in [3.63, 3.8) is 0 Å². The number of hydrogen-bond acceptors (Lipinski definition) is 5. The van der Waals surface area contributed by atoms with E-state index in [-0.39, 0.29) is 24.1 Å². The summed E-state index contributed by atoms with van der Waals surface area (Å²) in [6, 6.07) is 13.4. The molecular weight excluding hydrogens is 370 g/mol. The Morgan fingerprint density at radius 1 is 1.17 bits per heavy atom. The molecule has 29 heavy (non-hydrogen) atoms. The van der Waals surface area contributed by atoms with Gasteiger partial charge in [-0.2, -0.15) is 5.10 Å². The van der Waals surface area contributed by atoms with E-state index in [0.29, 0.717) is 24.0 Å². The molecule has 0 spiro atoms. The Kier molecular flexibility index (Phi) is 4.88. The van der Waals surface area contributed by atoms with Gasteiger partial charge in [-0.15, -0.1) is 0 Å². The van der Waals surface area contributed by atoms with Gasteiger partial charge in [0.1, 0.15) is 0 Å². The first-order chi connectivity index (χ1) is 13.9. The van der Waals surface area contributed by atoms with Crippen molar-refractivity contribution in [3.8, 4) is 22.9 Å². The molecule has 0 atom stereocenters. The maximum Gasteiger partial charge on any atom is 0.278 e. The van der Waals surface area contributed by atoms with E-state index in [4.69, 9.17) is 9.47 Å². The van der Waals surface area contributed by atoms with E-state index < -0.39 is 0 Å². The first-order valence-electron chi connectivity index (χ1n) is 9.45. The van der Waals surface area contributed by atoms with Gasteiger partial charge in [0.05, 0.1) is 11.9 Å². The smallest absolute Gasteiger partial charge is 0.278 e. The fourth-order valence-electron chi connectivity index (χ4n) is 3.23. The van der Waals surface area contributed by atoms with Crippen LogP contribution in [0.5, 0.6) is 17.2 Å². The van der Waals surface area contributed by atoms with Gasteiger partial charge in [-0.05, 0) is 41.3 Å². The number of benzene rings is 2. The second kappa shape index (κ2) is 7.50. The van der Waals surface area contributed by atoms with Gasteiger partial charge in [0, 0.05) is 13.6 Å². The predicted molar refractivity (Wildman–Crippen MR) is 108 cm³/mol. The van der Waals surface area contributed by atoms with Crippen molar-refractivity contribution in [1.29, 1.82) is 0 Å². The number of amides is 1. The van der Waals surface area contributed by atoms with Crippen molar-refractivity contribution in [3.05, 3.63) is 65.5 Å². The average molecular weight is 393 g/mol. The quantitative estimate of drug-likeness (QED) is 0.715. The zero-order valence-electron chi connectivity index (χ0n) is 16.6. The van der Waals surface area contributed by atoms with E-state index >= 15 is 0 Å². The minimum atomic E-state index is -0.363. The lowest BCUT2D eigenvalue weighted by Crippen LogP contribution is -2.26. The van der Waals surface area contributed by atoms with Crippen molar-refractivity contribution in [2.75, 3.05) is 13.8 Å². The monoisotopic (exact) mass is 393 g/mol. The highest BCUT2D eigenvalue weighted by atomic mass is 16.7. The van der Waals surface area contributed by atoms with Gasteiger partial charge >= 0.3 is 0 Å². The van der Waals surface area contributed by atoms with Gasteiger partial charge in [0.25, 0.3) is 5.91 Å². The third kappa shape index (κ3) is 3.76. The van der Waals surface area contributed by atoms with Gasteiger partial charge in [0.15, 0.2) is 22.9 Å². The van der Waals surface area contributed by atoms with Crippen LogP contribution in [0.1, 0.15) is 41.4 Å². The van der Waals surface area contributed by atoms with Crippen LogP contribution in [0.15, 0.2) is 48.7 Å². The van der Waals surface area contributed by atoms with Crippen LogP contribution in [0.2, 0.25) is 0 Å². The minimum absolute atomic E-state index is 0.0150. The van der Waals surface area contributed by atoms with Crippen LogP contribution in [0.3, 0.4) is 0 Å². The molecule has 0 saturated heterocycles. The van der Waals surface area contributed by atoms with E-state index in [1.807, 2.05) is 42.5 Å². The molecule has 0 unspecified atom stereocenters. The summed E-state index contributed by atoms with van der Waals surface area (Å²) in [6.07, 6.45) is 1.45. The van der Waals surface area contributed by atoms with Crippen LogP contribution in [0.25, 0.3) is 5.69 Å². The highest BCUT2D eigenvalue weighted by Gasteiger charge is 2.22.